The van der Waals surface area contributed by atoms with E-state index in [0.717, 1.165) is 39.5 Å². The van der Waals surface area contributed by atoms with Crippen molar-refractivity contribution in [2.75, 3.05) is 0 Å². The molecule has 0 N–H and O–H groups in total. The molecule has 1 aliphatic carbocycles. The maximum Gasteiger partial charge on any atom is 0.160 e. The lowest BCUT2D eigenvalue weighted by Gasteiger charge is -2.40. The molecule has 8 aromatic carbocycles. The van der Waals surface area contributed by atoms with Crippen molar-refractivity contribution in [3.63, 3.8) is 0 Å². The molecule has 2 nitrogen and oxygen atoms in total. The summed E-state index contributed by atoms with van der Waals surface area (Å²) in [5.41, 5.74) is 17.3. The van der Waals surface area contributed by atoms with Crippen LogP contribution in [-0.4, -0.2) is 9.97 Å². The fourth-order valence-electron chi connectivity index (χ4n) is 8.90. The van der Waals surface area contributed by atoms with Crippen LogP contribution >= 0.6 is 11.8 Å². The zero-order valence-corrected chi connectivity index (χ0v) is 31.2. The SMILES string of the molecule is c1ccc(-c2cc(-c3ccc(-c4ccccc4-c4ccc5c(c4)C4(c6ccccc6S5)c5ccccc5-c5ccccc54)cc3)nc(-c3ccccc3)n2)cc1. The smallest absolute Gasteiger partial charge is 0.160 e. The number of fused-ring (bicyclic) bond motifs is 9. The number of hydrogen-bond acceptors (Lipinski definition) is 3. The molecule has 3 heteroatoms. The first-order chi connectivity index (χ1) is 27.8. The van der Waals surface area contributed by atoms with Crippen molar-refractivity contribution in [1.29, 1.82) is 0 Å². The monoisotopic (exact) mass is 730 g/mol. The standard InChI is InChI=1S/C53H34N2S/c1-3-15-36(16-4-1)48-34-49(55-52(54-48)38-17-5-2-6-18-38)37-29-27-35(28-30-37)40-19-7-8-20-41(40)39-31-32-51-47(33-39)53(46-25-13-14-26-50(46)56-51)44-23-11-9-21-42(44)43-22-10-12-24-45(43)53/h1-34H. The third kappa shape index (κ3) is 5.12. The van der Waals surface area contributed by atoms with E-state index < -0.39 is 5.41 Å². The highest BCUT2D eigenvalue weighted by Gasteiger charge is 2.50. The lowest BCUT2D eigenvalue weighted by molar-refractivity contribution is 0.723. The summed E-state index contributed by atoms with van der Waals surface area (Å²) < 4.78 is 0. The van der Waals surface area contributed by atoms with Gasteiger partial charge >= 0.3 is 0 Å². The Morgan fingerprint density at radius 2 is 0.750 bits per heavy atom. The van der Waals surface area contributed by atoms with Gasteiger partial charge in [0.2, 0.25) is 0 Å². The maximum atomic E-state index is 5.08. The van der Waals surface area contributed by atoms with Crippen LogP contribution in [0.5, 0.6) is 0 Å². The molecular formula is C53H34N2S. The molecule has 2 heterocycles. The molecule has 2 aliphatic rings. The molecule has 0 saturated heterocycles. The van der Waals surface area contributed by atoms with Crippen LogP contribution in [-0.2, 0) is 5.41 Å². The van der Waals surface area contributed by atoms with Crippen molar-refractivity contribution in [3.8, 4) is 67.3 Å². The van der Waals surface area contributed by atoms with E-state index in [-0.39, 0.29) is 0 Å². The summed E-state index contributed by atoms with van der Waals surface area (Å²) >= 11 is 1.89. The van der Waals surface area contributed by atoms with Crippen LogP contribution in [0.4, 0.5) is 0 Å². The molecule has 0 radical (unpaired) electrons. The van der Waals surface area contributed by atoms with E-state index in [1.165, 1.54) is 59.9 Å². The fraction of sp³-hybridized carbons (Fsp3) is 0.0189. The van der Waals surface area contributed by atoms with E-state index in [1.54, 1.807) is 0 Å². The molecule has 11 rings (SSSR count). The third-order valence-corrected chi connectivity index (χ3v) is 12.6. The van der Waals surface area contributed by atoms with Crippen LogP contribution in [0.25, 0.3) is 67.3 Å². The molecule has 0 saturated carbocycles. The van der Waals surface area contributed by atoms with Gasteiger partial charge in [-0.3, -0.25) is 0 Å². The summed E-state index contributed by atoms with van der Waals surface area (Å²) in [6.45, 7) is 0. The predicted molar refractivity (Wildman–Crippen MR) is 231 cm³/mol. The average molecular weight is 731 g/mol. The van der Waals surface area contributed by atoms with Gasteiger partial charge in [-0.15, -0.1) is 0 Å². The second kappa shape index (κ2) is 13.2. The van der Waals surface area contributed by atoms with Gasteiger partial charge in [-0.05, 0) is 79.9 Å². The lowest BCUT2D eigenvalue weighted by atomic mass is 9.67. The number of aromatic nitrogens is 2. The first kappa shape index (κ1) is 32.6. The van der Waals surface area contributed by atoms with E-state index in [2.05, 4.69) is 182 Å². The van der Waals surface area contributed by atoms with Gasteiger partial charge < -0.3 is 0 Å². The quantitative estimate of drug-likeness (QED) is 0.176. The van der Waals surface area contributed by atoms with Crippen LogP contribution in [0.1, 0.15) is 22.3 Å². The molecule has 0 fully saturated rings. The molecule has 56 heavy (non-hydrogen) atoms. The minimum absolute atomic E-state index is 0.411. The zero-order valence-electron chi connectivity index (χ0n) is 30.4. The summed E-state index contributed by atoms with van der Waals surface area (Å²) in [6, 6.07) is 74.5. The average Bonchev–Trinajstić information content (AvgIpc) is 3.57. The highest BCUT2D eigenvalue weighted by atomic mass is 32.2. The molecule has 1 aliphatic heterocycles. The molecule has 0 atom stereocenters. The predicted octanol–water partition coefficient (Wildman–Crippen LogP) is 13.6. The van der Waals surface area contributed by atoms with E-state index >= 15 is 0 Å². The lowest BCUT2D eigenvalue weighted by Crippen LogP contribution is -2.32. The van der Waals surface area contributed by atoms with Crippen LogP contribution in [0, 0.1) is 0 Å². The number of benzene rings is 8. The van der Waals surface area contributed by atoms with Crippen LogP contribution in [0.15, 0.2) is 216 Å². The highest BCUT2D eigenvalue weighted by molar-refractivity contribution is 7.99. The zero-order chi connectivity index (χ0) is 37.1. The van der Waals surface area contributed by atoms with Gasteiger partial charge in [0.05, 0.1) is 16.8 Å². The van der Waals surface area contributed by atoms with Gasteiger partial charge in [-0.2, -0.15) is 0 Å². The Balaban J connectivity index is 1.03. The van der Waals surface area contributed by atoms with Gasteiger partial charge in [-0.25, -0.2) is 9.97 Å². The van der Waals surface area contributed by atoms with Crippen molar-refractivity contribution >= 4 is 11.8 Å². The van der Waals surface area contributed by atoms with Crippen molar-refractivity contribution < 1.29 is 0 Å². The molecule has 1 spiro atoms. The van der Waals surface area contributed by atoms with E-state index in [1.807, 2.05) is 36.0 Å². The molecule has 9 aromatic rings. The number of hydrogen-bond donors (Lipinski definition) is 0. The van der Waals surface area contributed by atoms with Crippen molar-refractivity contribution in [3.05, 3.63) is 229 Å². The van der Waals surface area contributed by atoms with Gasteiger partial charge in [0.15, 0.2) is 5.82 Å². The Kier molecular flexibility index (Phi) is 7.68. The summed E-state index contributed by atoms with van der Waals surface area (Å²) in [7, 11) is 0. The Bertz CT molecular complexity index is 2830. The van der Waals surface area contributed by atoms with Crippen LogP contribution in [0.3, 0.4) is 0 Å². The van der Waals surface area contributed by atoms with Crippen molar-refractivity contribution in [1.82, 2.24) is 9.97 Å². The van der Waals surface area contributed by atoms with Crippen LogP contribution in [0.2, 0.25) is 0 Å². The highest BCUT2D eigenvalue weighted by Crippen LogP contribution is 2.62. The first-order valence-electron chi connectivity index (χ1n) is 19.1. The van der Waals surface area contributed by atoms with E-state index in [9.17, 15) is 0 Å². The number of nitrogens with zero attached hydrogens (tertiary/aromatic N) is 2. The maximum absolute atomic E-state index is 5.08. The van der Waals surface area contributed by atoms with Gasteiger partial charge in [0, 0.05) is 26.5 Å². The Morgan fingerprint density at radius 1 is 0.304 bits per heavy atom. The van der Waals surface area contributed by atoms with Gasteiger partial charge in [-0.1, -0.05) is 194 Å². The normalized spacial score (nSPS) is 13.1. The molecule has 262 valence electrons. The van der Waals surface area contributed by atoms with Gasteiger partial charge in [0.1, 0.15) is 0 Å². The van der Waals surface area contributed by atoms with Gasteiger partial charge in [0.25, 0.3) is 0 Å². The second-order valence-electron chi connectivity index (χ2n) is 14.5. The molecule has 0 amide bonds. The van der Waals surface area contributed by atoms with Crippen LogP contribution < -0.4 is 0 Å². The van der Waals surface area contributed by atoms with E-state index in [0.29, 0.717) is 0 Å². The van der Waals surface area contributed by atoms with Crippen molar-refractivity contribution in [2.45, 2.75) is 15.2 Å². The summed E-state index contributed by atoms with van der Waals surface area (Å²) in [4.78, 5) is 12.7. The first-order valence-corrected chi connectivity index (χ1v) is 19.9. The Morgan fingerprint density at radius 3 is 1.39 bits per heavy atom. The topological polar surface area (TPSA) is 25.8 Å². The minimum atomic E-state index is -0.411. The number of rotatable bonds is 5. The molecule has 0 bridgehead atoms. The minimum Gasteiger partial charge on any atom is -0.228 e. The summed E-state index contributed by atoms with van der Waals surface area (Å²) in [6.07, 6.45) is 0. The largest absolute Gasteiger partial charge is 0.228 e. The molecular weight excluding hydrogens is 697 g/mol. The molecule has 1 aromatic heterocycles. The van der Waals surface area contributed by atoms with Crippen molar-refractivity contribution in [2.24, 2.45) is 0 Å². The Hall–Kier alpha value is -6.81. The Labute approximate surface area is 331 Å². The second-order valence-corrected chi connectivity index (χ2v) is 15.6. The third-order valence-electron chi connectivity index (χ3n) is 11.4. The summed E-state index contributed by atoms with van der Waals surface area (Å²) in [5, 5.41) is 0. The fourth-order valence-corrected chi connectivity index (χ4v) is 10.1. The summed E-state index contributed by atoms with van der Waals surface area (Å²) in [5.74, 6) is 0.717. The molecule has 0 unspecified atom stereocenters. The van der Waals surface area contributed by atoms with E-state index in [4.69, 9.17) is 9.97 Å².